The van der Waals surface area contributed by atoms with Crippen molar-refractivity contribution in [2.24, 2.45) is 17.3 Å². The maximum atomic E-state index is 12.5. The molecule has 180 valence electrons. The Kier molecular flexibility index (Phi) is 5.69. The number of esters is 1. The minimum Gasteiger partial charge on any atom is -0.426 e. The number of carbonyl (C=O) groups is 2. The van der Waals surface area contributed by atoms with Crippen molar-refractivity contribution in [3.05, 3.63) is 59.2 Å². The van der Waals surface area contributed by atoms with Gasteiger partial charge in [-0.05, 0) is 90.8 Å². The summed E-state index contributed by atoms with van der Waals surface area (Å²) in [6.45, 7) is 2.16. The van der Waals surface area contributed by atoms with E-state index in [0.717, 1.165) is 32.1 Å². The lowest BCUT2D eigenvalue weighted by Crippen LogP contribution is -2.42. The summed E-state index contributed by atoms with van der Waals surface area (Å²) in [6, 6.07) is 11.0. The topological polar surface area (TPSA) is 52.6 Å². The molecule has 0 saturated heterocycles. The van der Waals surface area contributed by atoms with Crippen molar-refractivity contribution < 1.29 is 32.2 Å². The highest BCUT2D eigenvalue weighted by atomic mass is 19.4. The molecule has 5 rings (SSSR count). The van der Waals surface area contributed by atoms with Crippen LogP contribution in [-0.2, 0) is 22.4 Å². The molecule has 0 unspecified atom stereocenters. The molecule has 0 N–H and O–H groups in total. The Hall–Kier alpha value is -2.83. The molecule has 0 spiro atoms. The van der Waals surface area contributed by atoms with Crippen molar-refractivity contribution in [1.82, 2.24) is 0 Å². The summed E-state index contributed by atoms with van der Waals surface area (Å²) in [5.41, 5.74) is 2.91. The molecule has 7 heteroatoms. The Morgan fingerprint density at radius 3 is 2.50 bits per heavy atom. The Labute approximate surface area is 196 Å². The van der Waals surface area contributed by atoms with Gasteiger partial charge in [0.05, 0.1) is 6.42 Å². The summed E-state index contributed by atoms with van der Waals surface area (Å²) in [5.74, 6) is 1.57. The first-order valence-electron chi connectivity index (χ1n) is 11.8. The Morgan fingerprint density at radius 2 is 1.76 bits per heavy atom. The van der Waals surface area contributed by atoms with Crippen LogP contribution in [0.4, 0.5) is 13.2 Å². The van der Waals surface area contributed by atoms with Gasteiger partial charge in [-0.3, -0.25) is 9.59 Å². The third-order valence-electron chi connectivity index (χ3n) is 8.14. The number of hydrogen-bond acceptors (Lipinski definition) is 4. The van der Waals surface area contributed by atoms with Crippen LogP contribution in [-0.4, -0.2) is 18.1 Å². The summed E-state index contributed by atoms with van der Waals surface area (Å²) >= 11 is 0. The summed E-state index contributed by atoms with van der Waals surface area (Å²) in [4.78, 5) is 24.9. The van der Waals surface area contributed by atoms with E-state index >= 15 is 0 Å². The van der Waals surface area contributed by atoms with E-state index in [1.165, 1.54) is 35.4 Å². The van der Waals surface area contributed by atoms with Crippen molar-refractivity contribution in [1.29, 1.82) is 0 Å². The summed E-state index contributed by atoms with van der Waals surface area (Å²) < 4.78 is 46.2. The molecule has 0 radical (unpaired) electrons. The van der Waals surface area contributed by atoms with Gasteiger partial charge >= 0.3 is 12.3 Å². The zero-order valence-corrected chi connectivity index (χ0v) is 19.0. The molecule has 0 amide bonds. The minimum absolute atomic E-state index is 0.0532. The lowest BCUT2D eigenvalue weighted by molar-refractivity contribution is -0.274. The molecule has 0 aromatic heterocycles. The van der Waals surface area contributed by atoms with E-state index in [4.69, 9.17) is 4.74 Å². The monoisotopic (exact) mass is 472 g/mol. The molecule has 3 aliphatic carbocycles. The molecule has 4 atom stereocenters. The van der Waals surface area contributed by atoms with Crippen LogP contribution >= 0.6 is 0 Å². The third kappa shape index (κ3) is 4.32. The molecule has 2 saturated carbocycles. The number of carbonyl (C=O) groups excluding carboxylic acids is 2. The fourth-order valence-electron chi connectivity index (χ4n) is 6.54. The third-order valence-corrected chi connectivity index (χ3v) is 8.14. The second kappa shape index (κ2) is 8.43. The first-order valence-corrected chi connectivity index (χ1v) is 11.8. The summed E-state index contributed by atoms with van der Waals surface area (Å²) in [7, 11) is 0. The van der Waals surface area contributed by atoms with Gasteiger partial charge in [0.25, 0.3) is 0 Å². The molecule has 2 aromatic carbocycles. The standard InChI is InChI=1S/C27H27F3O4/c1-26-13-12-21-20-9-7-19(15-17(20)4-8-22(21)23(26)10-11-24(26)31)33-25(32)14-16-2-5-18(6-3-16)34-27(28,29)30/h2-3,5-7,9,15,21-23H,4,8,10-14H2,1H3/t21-,22-,23+,26+/m1/s1. The molecule has 0 aliphatic heterocycles. The van der Waals surface area contributed by atoms with Crippen LogP contribution in [0.2, 0.25) is 0 Å². The first kappa shape index (κ1) is 22.9. The SMILES string of the molecule is C[C@]12CC[C@@H]3c4ccc(OC(=O)Cc5ccc(OC(F)(F)F)cc5)cc4CC[C@H]3[C@@H]1CCC2=O. The van der Waals surface area contributed by atoms with Gasteiger partial charge in [-0.2, -0.15) is 0 Å². The fourth-order valence-corrected chi connectivity index (χ4v) is 6.54. The molecule has 0 bridgehead atoms. The van der Waals surface area contributed by atoms with Crippen LogP contribution in [0, 0.1) is 17.3 Å². The van der Waals surface area contributed by atoms with Crippen LogP contribution < -0.4 is 9.47 Å². The number of rotatable bonds is 4. The van der Waals surface area contributed by atoms with E-state index in [9.17, 15) is 22.8 Å². The van der Waals surface area contributed by atoms with Gasteiger partial charge in [0.15, 0.2) is 0 Å². The van der Waals surface area contributed by atoms with E-state index < -0.39 is 12.3 Å². The predicted octanol–water partition coefficient (Wildman–Crippen LogP) is 6.16. The highest BCUT2D eigenvalue weighted by molar-refractivity contribution is 5.87. The number of ketones is 1. The molecular formula is C27H27F3O4. The van der Waals surface area contributed by atoms with Crippen LogP contribution in [0.15, 0.2) is 42.5 Å². The van der Waals surface area contributed by atoms with Crippen LogP contribution in [0.3, 0.4) is 0 Å². The Balaban J connectivity index is 1.24. The second-order valence-electron chi connectivity index (χ2n) is 10.0. The number of fused-ring (bicyclic) bond motifs is 5. The number of aryl methyl sites for hydroxylation is 1. The molecule has 2 fully saturated rings. The number of hydrogen-bond donors (Lipinski definition) is 0. The number of ether oxygens (including phenoxy) is 2. The number of halogens is 3. The molecule has 2 aromatic rings. The second-order valence-corrected chi connectivity index (χ2v) is 10.0. The first-order chi connectivity index (χ1) is 16.1. The van der Waals surface area contributed by atoms with E-state index in [1.807, 2.05) is 12.1 Å². The van der Waals surface area contributed by atoms with Gasteiger partial charge in [-0.25, -0.2) is 0 Å². The maximum Gasteiger partial charge on any atom is 0.573 e. The highest BCUT2D eigenvalue weighted by Gasteiger charge is 2.54. The van der Waals surface area contributed by atoms with Gasteiger partial charge in [0, 0.05) is 11.8 Å². The van der Waals surface area contributed by atoms with E-state index in [2.05, 4.69) is 17.7 Å². The normalized spacial score (nSPS) is 28.0. The predicted molar refractivity (Wildman–Crippen MR) is 119 cm³/mol. The van der Waals surface area contributed by atoms with E-state index in [-0.39, 0.29) is 17.6 Å². The largest absolute Gasteiger partial charge is 0.573 e. The molecular weight excluding hydrogens is 445 g/mol. The highest BCUT2D eigenvalue weighted by Crippen LogP contribution is 2.59. The minimum atomic E-state index is -4.75. The zero-order chi connectivity index (χ0) is 24.1. The Bertz CT molecular complexity index is 1110. The molecule has 4 nitrogen and oxygen atoms in total. The zero-order valence-electron chi connectivity index (χ0n) is 19.0. The van der Waals surface area contributed by atoms with Crippen molar-refractivity contribution >= 4 is 11.8 Å². The van der Waals surface area contributed by atoms with E-state index in [1.54, 1.807) is 0 Å². The number of alkyl halides is 3. The average molecular weight is 473 g/mol. The quantitative estimate of drug-likeness (QED) is 0.395. The van der Waals surface area contributed by atoms with Crippen LogP contribution in [0.1, 0.15) is 61.6 Å². The Morgan fingerprint density at radius 1 is 1.03 bits per heavy atom. The van der Waals surface area contributed by atoms with Crippen LogP contribution in [0.5, 0.6) is 11.5 Å². The van der Waals surface area contributed by atoms with Crippen molar-refractivity contribution in [3.63, 3.8) is 0 Å². The van der Waals surface area contributed by atoms with Crippen molar-refractivity contribution in [2.75, 3.05) is 0 Å². The maximum absolute atomic E-state index is 12.5. The van der Waals surface area contributed by atoms with Gasteiger partial charge in [-0.15, -0.1) is 13.2 Å². The molecule has 0 heterocycles. The lowest BCUT2D eigenvalue weighted by Gasteiger charge is -2.48. The van der Waals surface area contributed by atoms with E-state index in [0.29, 0.717) is 41.3 Å². The lowest BCUT2D eigenvalue weighted by atomic mass is 9.55. The van der Waals surface area contributed by atoms with Gasteiger partial charge in [0.1, 0.15) is 17.3 Å². The van der Waals surface area contributed by atoms with Crippen molar-refractivity contribution in [3.8, 4) is 11.5 Å². The number of benzene rings is 2. The average Bonchev–Trinajstić information content (AvgIpc) is 3.08. The summed E-state index contributed by atoms with van der Waals surface area (Å²) in [6.07, 6.45) is 0.832. The number of Topliss-reactive ketones (excluding diaryl/α,β-unsaturated/α-hetero) is 1. The summed E-state index contributed by atoms with van der Waals surface area (Å²) in [5, 5.41) is 0. The molecule has 3 aliphatic rings. The van der Waals surface area contributed by atoms with Gasteiger partial charge in [0.2, 0.25) is 0 Å². The molecule has 34 heavy (non-hydrogen) atoms. The smallest absolute Gasteiger partial charge is 0.426 e. The fraction of sp³-hybridized carbons (Fsp3) is 0.481. The van der Waals surface area contributed by atoms with Crippen LogP contribution in [0.25, 0.3) is 0 Å². The van der Waals surface area contributed by atoms with Crippen molar-refractivity contribution in [2.45, 2.75) is 64.1 Å². The van der Waals surface area contributed by atoms with Gasteiger partial charge in [-0.1, -0.05) is 25.1 Å². The van der Waals surface area contributed by atoms with Gasteiger partial charge < -0.3 is 9.47 Å².